The topological polar surface area (TPSA) is 57.5 Å². The molecule has 0 spiro atoms. The highest BCUT2D eigenvalue weighted by Crippen LogP contribution is 2.34. The molecule has 0 aliphatic carbocycles. The van der Waals surface area contributed by atoms with Crippen LogP contribution >= 0.6 is 11.3 Å². The summed E-state index contributed by atoms with van der Waals surface area (Å²) in [4.78, 5) is 25.3. The molecule has 0 radical (unpaired) electrons. The van der Waals surface area contributed by atoms with Gasteiger partial charge in [-0.15, -0.1) is 11.3 Å². The van der Waals surface area contributed by atoms with Gasteiger partial charge in [-0.3, -0.25) is 4.79 Å². The van der Waals surface area contributed by atoms with Crippen molar-refractivity contribution in [3.8, 4) is 0 Å². The van der Waals surface area contributed by atoms with Crippen molar-refractivity contribution in [1.29, 1.82) is 0 Å². The first kappa shape index (κ1) is 19.3. The zero-order valence-electron chi connectivity index (χ0n) is 15.6. The van der Waals surface area contributed by atoms with Crippen molar-refractivity contribution >= 4 is 33.2 Å². The van der Waals surface area contributed by atoms with E-state index in [0.29, 0.717) is 21.2 Å². The number of hydrogen-bond donors (Lipinski definition) is 0. The third kappa shape index (κ3) is 3.52. The molecule has 142 valence electrons. The van der Waals surface area contributed by atoms with Crippen molar-refractivity contribution in [1.82, 2.24) is 4.57 Å². The SMILES string of the molecule is COCc1c(C(=O)OCC(=O)c2cc(C)n(C)c2C)sc2cccc(F)c12. The number of Topliss-reactive ketones (excluding diaryl/α,β-unsaturated/α-hetero) is 1. The lowest BCUT2D eigenvalue weighted by Crippen LogP contribution is -2.15. The summed E-state index contributed by atoms with van der Waals surface area (Å²) < 4.78 is 27.1. The standard InChI is InChI=1S/C20H20FNO4S/c1-11-8-13(12(2)22(11)3)16(23)10-26-20(24)19-14(9-25-4)18-15(21)6-5-7-17(18)27-19/h5-8H,9-10H2,1-4H3. The number of carbonyl (C=O) groups is 2. The van der Waals surface area contributed by atoms with E-state index in [9.17, 15) is 14.0 Å². The van der Waals surface area contributed by atoms with Gasteiger partial charge in [0.15, 0.2) is 6.61 Å². The molecule has 0 saturated carbocycles. The fourth-order valence-electron chi connectivity index (χ4n) is 3.03. The molecule has 0 N–H and O–H groups in total. The number of nitrogens with zero attached hydrogens (tertiary/aromatic N) is 1. The van der Waals surface area contributed by atoms with Crippen LogP contribution in [0.4, 0.5) is 4.39 Å². The zero-order chi connectivity index (χ0) is 19.7. The van der Waals surface area contributed by atoms with Gasteiger partial charge in [0, 0.05) is 46.8 Å². The third-order valence-corrected chi connectivity index (χ3v) is 5.82. The van der Waals surface area contributed by atoms with Crippen molar-refractivity contribution in [2.24, 2.45) is 7.05 Å². The Balaban J connectivity index is 1.84. The molecule has 1 aromatic carbocycles. The average molecular weight is 389 g/mol. The van der Waals surface area contributed by atoms with Crippen LogP contribution in [-0.4, -0.2) is 30.0 Å². The third-order valence-electron chi connectivity index (χ3n) is 4.65. The van der Waals surface area contributed by atoms with E-state index in [1.54, 1.807) is 18.2 Å². The summed E-state index contributed by atoms with van der Waals surface area (Å²) in [7, 11) is 3.35. The van der Waals surface area contributed by atoms with E-state index in [1.165, 1.54) is 13.2 Å². The summed E-state index contributed by atoms with van der Waals surface area (Å²) in [6.07, 6.45) is 0. The Morgan fingerprint density at radius 1 is 1.26 bits per heavy atom. The number of fused-ring (bicyclic) bond motifs is 1. The lowest BCUT2D eigenvalue weighted by Gasteiger charge is -2.06. The highest BCUT2D eigenvalue weighted by Gasteiger charge is 2.23. The predicted octanol–water partition coefficient (Wildman–Crippen LogP) is 4.18. The van der Waals surface area contributed by atoms with Gasteiger partial charge >= 0.3 is 5.97 Å². The largest absolute Gasteiger partial charge is 0.453 e. The number of esters is 1. The molecule has 0 bridgehead atoms. The van der Waals surface area contributed by atoms with Crippen LogP contribution in [-0.2, 0) is 23.1 Å². The fraction of sp³-hybridized carbons (Fsp3) is 0.300. The normalized spacial score (nSPS) is 11.1. The van der Waals surface area contributed by atoms with E-state index in [0.717, 1.165) is 22.7 Å². The molecule has 7 heteroatoms. The molecule has 0 atom stereocenters. The number of thiophene rings is 1. The summed E-state index contributed by atoms with van der Waals surface area (Å²) in [5.41, 5.74) is 2.74. The molecule has 0 fully saturated rings. The number of hydrogen-bond acceptors (Lipinski definition) is 5. The van der Waals surface area contributed by atoms with E-state index < -0.39 is 11.8 Å². The minimum Gasteiger partial charge on any atom is -0.453 e. The molecule has 0 aliphatic rings. The van der Waals surface area contributed by atoms with Crippen molar-refractivity contribution in [3.63, 3.8) is 0 Å². The number of methoxy groups -OCH3 is 1. The van der Waals surface area contributed by atoms with Crippen LogP contribution in [0.5, 0.6) is 0 Å². The van der Waals surface area contributed by atoms with Gasteiger partial charge in [-0.2, -0.15) is 0 Å². The van der Waals surface area contributed by atoms with Crippen LogP contribution in [0.25, 0.3) is 10.1 Å². The molecule has 2 heterocycles. The molecule has 3 rings (SSSR count). The van der Waals surface area contributed by atoms with Crippen molar-refractivity contribution in [2.75, 3.05) is 13.7 Å². The maximum absolute atomic E-state index is 14.2. The summed E-state index contributed by atoms with van der Waals surface area (Å²) in [6, 6.07) is 6.44. The highest BCUT2D eigenvalue weighted by molar-refractivity contribution is 7.21. The second kappa shape index (κ2) is 7.62. The van der Waals surface area contributed by atoms with Crippen LogP contribution in [0, 0.1) is 19.7 Å². The molecular weight excluding hydrogens is 369 g/mol. The van der Waals surface area contributed by atoms with Crippen molar-refractivity contribution in [2.45, 2.75) is 20.5 Å². The van der Waals surface area contributed by atoms with Gasteiger partial charge in [-0.1, -0.05) is 6.07 Å². The lowest BCUT2D eigenvalue weighted by molar-refractivity contribution is 0.0476. The zero-order valence-corrected chi connectivity index (χ0v) is 16.4. The Bertz CT molecular complexity index is 1030. The van der Waals surface area contributed by atoms with Gasteiger partial charge in [0.1, 0.15) is 10.7 Å². The van der Waals surface area contributed by atoms with Crippen LogP contribution in [0.2, 0.25) is 0 Å². The van der Waals surface area contributed by atoms with Gasteiger partial charge in [0.2, 0.25) is 5.78 Å². The Morgan fingerprint density at radius 3 is 2.63 bits per heavy atom. The summed E-state index contributed by atoms with van der Waals surface area (Å²) in [6.45, 7) is 3.45. The number of benzene rings is 1. The smallest absolute Gasteiger partial charge is 0.349 e. The van der Waals surface area contributed by atoms with Crippen molar-refractivity contribution in [3.05, 3.63) is 57.5 Å². The molecule has 0 amide bonds. The van der Waals surface area contributed by atoms with Gasteiger partial charge < -0.3 is 14.0 Å². The number of ketones is 1. The second-order valence-electron chi connectivity index (χ2n) is 6.30. The molecule has 3 aromatic rings. The van der Waals surface area contributed by atoms with E-state index in [1.807, 2.05) is 25.5 Å². The van der Waals surface area contributed by atoms with Crippen LogP contribution in [0.15, 0.2) is 24.3 Å². The molecule has 0 unspecified atom stereocenters. The van der Waals surface area contributed by atoms with Crippen LogP contribution in [0.3, 0.4) is 0 Å². The average Bonchev–Trinajstić information content (AvgIpc) is 3.14. The Kier molecular flexibility index (Phi) is 5.43. The van der Waals surface area contributed by atoms with E-state index in [-0.39, 0.29) is 23.9 Å². The first-order valence-electron chi connectivity index (χ1n) is 8.37. The number of halogens is 1. The molecule has 5 nitrogen and oxygen atoms in total. The Labute approximate surface area is 160 Å². The van der Waals surface area contributed by atoms with Crippen LogP contribution in [0.1, 0.15) is 37.0 Å². The van der Waals surface area contributed by atoms with Crippen LogP contribution < -0.4 is 0 Å². The number of aromatic nitrogens is 1. The predicted molar refractivity (Wildman–Crippen MR) is 102 cm³/mol. The van der Waals surface area contributed by atoms with E-state index >= 15 is 0 Å². The fourth-order valence-corrected chi connectivity index (χ4v) is 4.14. The monoisotopic (exact) mass is 389 g/mol. The first-order valence-corrected chi connectivity index (χ1v) is 9.18. The first-order chi connectivity index (χ1) is 12.8. The maximum Gasteiger partial charge on any atom is 0.349 e. The second-order valence-corrected chi connectivity index (χ2v) is 7.35. The highest BCUT2D eigenvalue weighted by atomic mass is 32.1. The number of rotatable bonds is 6. The van der Waals surface area contributed by atoms with Gasteiger partial charge in [0.25, 0.3) is 0 Å². The van der Waals surface area contributed by atoms with Crippen molar-refractivity contribution < 1.29 is 23.5 Å². The summed E-state index contributed by atoms with van der Waals surface area (Å²) in [5.74, 6) is -1.34. The molecular formula is C20H20FNO4S. The molecule has 2 aromatic heterocycles. The number of carbonyl (C=O) groups excluding carboxylic acids is 2. The van der Waals surface area contributed by atoms with E-state index in [2.05, 4.69) is 0 Å². The summed E-state index contributed by atoms with van der Waals surface area (Å²) >= 11 is 1.13. The quantitative estimate of drug-likeness (QED) is 0.469. The molecule has 0 aliphatic heterocycles. The minimum atomic E-state index is -0.652. The lowest BCUT2D eigenvalue weighted by atomic mass is 10.1. The maximum atomic E-state index is 14.2. The van der Waals surface area contributed by atoms with Gasteiger partial charge in [-0.25, -0.2) is 9.18 Å². The van der Waals surface area contributed by atoms with Gasteiger partial charge in [-0.05, 0) is 32.0 Å². The Morgan fingerprint density at radius 2 is 2.00 bits per heavy atom. The van der Waals surface area contributed by atoms with E-state index in [4.69, 9.17) is 9.47 Å². The van der Waals surface area contributed by atoms with Gasteiger partial charge in [0.05, 0.1) is 6.61 Å². The summed E-state index contributed by atoms with van der Waals surface area (Å²) in [5, 5.41) is 0.358. The Hall–Kier alpha value is -2.51. The molecule has 27 heavy (non-hydrogen) atoms. The minimum absolute atomic E-state index is 0.0797. The number of ether oxygens (including phenoxy) is 2. The molecule has 0 saturated heterocycles. The number of aryl methyl sites for hydroxylation is 1.